The lowest BCUT2D eigenvalue weighted by Crippen LogP contribution is -2.22. The van der Waals surface area contributed by atoms with Crippen molar-refractivity contribution in [2.75, 3.05) is 0 Å². The highest BCUT2D eigenvalue weighted by Crippen LogP contribution is 2.18. The van der Waals surface area contributed by atoms with E-state index in [2.05, 4.69) is 0 Å². The monoisotopic (exact) mass is 177 g/mol. The van der Waals surface area contributed by atoms with Gasteiger partial charge < -0.3 is 10.8 Å². The van der Waals surface area contributed by atoms with Gasteiger partial charge in [0.05, 0.1) is 0 Å². The molecule has 11 heavy (non-hydrogen) atoms. The summed E-state index contributed by atoms with van der Waals surface area (Å²) in [6.07, 6.45) is 1.58. The summed E-state index contributed by atoms with van der Waals surface area (Å²) in [5.74, 6) is -0.755. The van der Waals surface area contributed by atoms with E-state index in [1.54, 1.807) is 6.92 Å². The van der Waals surface area contributed by atoms with E-state index in [4.69, 9.17) is 10.8 Å². The molecule has 0 aromatic carbocycles. The Labute approximate surface area is 71.3 Å². The van der Waals surface area contributed by atoms with Crippen LogP contribution in [-0.2, 0) is 4.79 Å². The number of carboxylic acids is 1. The van der Waals surface area contributed by atoms with Crippen molar-refractivity contribution in [3.05, 3.63) is 0 Å². The second kappa shape index (κ2) is 5.43. The van der Waals surface area contributed by atoms with Crippen molar-refractivity contribution in [1.29, 1.82) is 0 Å². The predicted octanol–water partition coefficient (Wildman–Crippen LogP) is 1.28. The van der Waals surface area contributed by atoms with Gasteiger partial charge in [-0.05, 0) is 13.3 Å². The van der Waals surface area contributed by atoms with Gasteiger partial charge in [-0.1, -0.05) is 13.3 Å². The van der Waals surface area contributed by atoms with Gasteiger partial charge in [0.2, 0.25) is 0 Å². The Bertz CT molecular complexity index is 128. The molecule has 0 aromatic heterocycles. The van der Waals surface area contributed by atoms with Crippen LogP contribution in [0.5, 0.6) is 0 Å². The highest BCUT2D eigenvalue weighted by Gasteiger charge is 2.17. The molecule has 3 nitrogen and oxygen atoms in total. The van der Waals surface area contributed by atoms with E-state index in [1.807, 2.05) is 6.92 Å². The fourth-order valence-corrected chi connectivity index (χ4v) is 1.78. The molecule has 0 fully saturated rings. The lowest BCUT2D eigenvalue weighted by atomic mass is 10.2. The molecular weight excluding hydrogens is 162 g/mol. The summed E-state index contributed by atoms with van der Waals surface area (Å²) in [6, 6.07) is 0. The van der Waals surface area contributed by atoms with Gasteiger partial charge in [0, 0.05) is 5.37 Å². The van der Waals surface area contributed by atoms with E-state index in [0.717, 1.165) is 6.42 Å². The van der Waals surface area contributed by atoms with E-state index in [0.29, 0.717) is 6.42 Å². The first-order chi connectivity index (χ1) is 5.07. The van der Waals surface area contributed by atoms with Crippen molar-refractivity contribution in [3.63, 3.8) is 0 Å². The van der Waals surface area contributed by atoms with Gasteiger partial charge in [0.15, 0.2) is 0 Å². The number of carbonyl (C=O) groups is 1. The van der Waals surface area contributed by atoms with Crippen molar-refractivity contribution >= 4 is 17.7 Å². The Morgan fingerprint density at radius 3 is 2.55 bits per heavy atom. The van der Waals surface area contributed by atoms with Gasteiger partial charge in [-0.2, -0.15) is 0 Å². The van der Waals surface area contributed by atoms with E-state index in [1.165, 1.54) is 11.8 Å². The minimum absolute atomic E-state index is 0.0948. The van der Waals surface area contributed by atoms with Gasteiger partial charge >= 0.3 is 5.97 Å². The normalized spacial score (nSPS) is 15.9. The van der Waals surface area contributed by atoms with Crippen LogP contribution in [0.2, 0.25) is 0 Å². The Kier molecular flexibility index (Phi) is 5.32. The summed E-state index contributed by atoms with van der Waals surface area (Å²) in [7, 11) is 0. The van der Waals surface area contributed by atoms with Crippen LogP contribution >= 0.6 is 11.8 Å². The molecule has 0 amide bonds. The van der Waals surface area contributed by atoms with Crippen LogP contribution in [0.1, 0.15) is 26.7 Å². The molecule has 0 aliphatic heterocycles. The Morgan fingerprint density at radius 1 is 1.73 bits per heavy atom. The van der Waals surface area contributed by atoms with E-state index in [-0.39, 0.29) is 10.6 Å². The SMILES string of the molecule is CCCC(SC(C)N)C(=O)O. The van der Waals surface area contributed by atoms with Crippen molar-refractivity contribution < 1.29 is 9.90 Å². The lowest BCUT2D eigenvalue weighted by molar-refractivity contribution is -0.136. The molecule has 0 aliphatic rings. The van der Waals surface area contributed by atoms with Crippen LogP contribution in [0.25, 0.3) is 0 Å². The van der Waals surface area contributed by atoms with Gasteiger partial charge in [0.1, 0.15) is 5.25 Å². The zero-order valence-electron chi connectivity index (χ0n) is 6.91. The molecule has 0 aliphatic carbocycles. The molecule has 2 atom stereocenters. The van der Waals surface area contributed by atoms with Crippen molar-refractivity contribution in [1.82, 2.24) is 0 Å². The Hall–Kier alpha value is -0.220. The van der Waals surface area contributed by atoms with Crippen molar-refractivity contribution in [2.45, 2.75) is 37.3 Å². The largest absolute Gasteiger partial charge is 0.480 e. The third kappa shape index (κ3) is 5.09. The molecule has 3 N–H and O–H groups in total. The van der Waals surface area contributed by atoms with Gasteiger partial charge in [-0.3, -0.25) is 4.79 Å². The molecule has 0 bridgehead atoms. The maximum atomic E-state index is 10.5. The third-order valence-electron chi connectivity index (χ3n) is 1.21. The topological polar surface area (TPSA) is 63.3 Å². The summed E-state index contributed by atoms with van der Waals surface area (Å²) in [5, 5.41) is 8.25. The lowest BCUT2D eigenvalue weighted by Gasteiger charge is -2.12. The van der Waals surface area contributed by atoms with E-state index >= 15 is 0 Å². The summed E-state index contributed by atoms with van der Waals surface area (Å²) in [5.41, 5.74) is 5.46. The molecule has 0 spiro atoms. The third-order valence-corrected chi connectivity index (χ3v) is 2.40. The minimum atomic E-state index is -0.755. The maximum Gasteiger partial charge on any atom is 0.316 e. The number of hydrogen-bond acceptors (Lipinski definition) is 3. The van der Waals surface area contributed by atoms with Crippen LogP contribution in [0.3, 0.4) is 0 Å². The number of thioether (sulfide) groups is 1. The number of nitrogens with two attached hydrogens (primary N) is 1. The number of hydrogen-bond donors (Lipinski definition) is 2. The fourth-order valence-electron chi connectivity index (χ4n) is 0.771. The molecule has 0 rings (SSSR count). The van der Waals surface area contributed by atoms with Crippen LogP contribution in [0, 0.1) is 0 Å². The fraction of sp³-hybridized carbons (Fsp3) is 0.857. The van der Waals surface area contributed by atoms with Crippen LogP contribution in [0.4, 0.5) is 0 Å². The summed E-state index contributed by atoms with van der Waals surface area (Å²) in [4.78, 5) is 10.5. The molecule has 0 saturated heterocycles. The number of rotatable bonds is 5. The van der Waals surface area contributed by atoms with Crippen LogP contribution in [-0.4, -0.2) is 21.7 Å². The maximum absolute atomic E-state index is 10.5. The summed E-state index contributed by atoms with van der Waals surface area (Å²) >= 11 is 1.31. The molecule has 0 aromatic rings. The first kappa shape index (κ1) is 10.8. The summed E-state index contributed by atoms with van der Waals surface area (Å²) < 4.78 is 0. The smallest absolute Gasteiger partial charge is 0.316 e. The van der Waals surface area contributed by atoms with Gasteiger partial charge in [-0.25, -0.2) is 0 Å². The minimum Gasteiger partial charge on any atom is -0.480 e. The van der Waals surface area contributed by atoms with Gasteiger partial charge in [0.25, 0.3) is 0 Å². The molecule has 0 radical (unpaired) electrons. The Balaban J connectivity index is 3.79. The highest BCUT2D eigenvalue weighted by atomic mass is 32.2. The molecule has 66 valence electrons. The first-order valence-electron chi connectivity index (χ1n) is 3.71. The molecule has 4 heteroatoms. The van der Waals surface area contributed by atoms with Gasteiger partial charge in [-0.15, -0.1) is 11.8 Å². The van der Waals surface area contributed by atoms with E-state index in [9.17, 15) is 4.79 Å². The zero-order valence-corrected chi connectivity index (χ0v) is 7.73. The number of carboxylic acid groups (broad SMARTS) is 1. The molecule has 0 saturated carbocycles. The highest BCUT2D eigenvalue weighted by molar-refractivity contribution is 8.01. The molecule has 0 heterocycles. The average Bonchev–Trinajstić information content (AvgIpc) is 1.86. The first-order valence-corrected chi connectivity index (χ1v) is 4.66. The van der Waals surface area contributed by atoms with Crippen LogP contribution in [0.15, 0.2) is 0 Å². The van der Waals surface area contributed by atoms with Crippen LogP contribution < -0.4 is 5.73 Å². The van der Waals surface area contributed by atoms with Crippen molar-refractivity contribution in [2.24, 2.45) is 5.73 Å². The quantitative estimate of drug-likeness (QED) is 0.621. The molecule has 2 unspecified atom stereocenters. The molecular formula is C7H15NO2S. The zero-order chi connectivity index (χ0) is 8.85. The second-order valence-electron chi connectivity index (χ2n) is 2.46. The predicted molar refractivity (Wildman–Crippen MR) is 47.6 cm³/mol. The number of aliphatic carboxylic acids is 1. The average molecular weight is 177 g/mol. The van der Waals surface area contributed by atoms with E-state index < -0.39 is 5.97 Å². The standard InChI is InChI=1S/C7H15NO2S/c1-3-4-6(7(9)10)11-5(2)8/h5-6H,3-4,8H2,1-2H3,(H,9,10). The second-order valence-corrected chi connectivity index (χ2v) is 4.04. The summed E-state index contributed by atoms with van der Waals surface area (Å²) in [6.45, 7) is 3.77. The Morgan fingerprint density at radius 2 is 2.27 bits per heavy atom. The van der Waals surface area contributed by atoms with Crippen molar-refractivity contribution in [3.8, 4) is 0 Å².